The molecule has 0 atom stereocenters. The van der Waals surface area contributed by atoms with Crippen LogP contribution in [0.15, 0.2) is 41.3 Å². The van der Waals surface area contributed by atoms with Crippen LogP contribution in [0.5, 0.6) is 11.5 Å². The van der Waals surface area contributed by atoms with Crippen LogP contribution in [0.3, 0.4) is 0 Å². The lowest BCUT2D eigenvalue weighted by Crippen LogP contribution is -2.40. The summed E-state index contributed by atoms with van der Waals surface area (Å²) in [7, 11) is -2.51. The fourth-order valence-electron chi connectivity index (χ4n) is 2.65. The summed E-state index contributed by atoms with van der Waals surface area (Å²) >= 11 is 11.8. The van der Waals surface area contributed by atoms with Crippen molar-refractivity contribution in [1.29, 1.82) is 0 Å². The van der Waals surface area contributed by atoms with Gasteiger partial charge in [-0.2, -0.15) is 4.31 Å². The van der Waals surface area contributed by atoms with E-state index in [0.29, 0.717) is 18.2 Å². The topological polar surface area (TPSA) is 82.1 Å². The van der Waals surface area contributed by atoms with Crippen molar-refractivity contribution < 1.29 is 27.4 Å². The predicted octanol–water partition coefficient (Wildman–Crippen LogP) is 3.24. The maximum atomic E-state index is 13.0. The molecule has 2 aromatic rings. The van der Waals surface area contributed by atoms with Crippen LogP contribution < -0.4 is 9.47 Å². The highest BCUT2D eigenvalue weighted by Crippen LogP contribution is 2.31. The van der Waals surface area contributed by atoms with Crippen molar-refractivity contribution in [3.05, 3.63) is 52.0 Å². The first-order valence-corrected chi connectivity index (χ1v) is 10.5. The monoisotopic (exact) mass is 445 g/mol. The number of ether oxygens (including phenoxy) is 3. The van der Waals surface area contributed by atoms with E-state index >= 15 is 0 Å². The highest BCUT2D eigenvalue weighted by Gasteiger charge is 2.30. The average Bonchev–Trinajstić information content (AvgIpc) is 2.70. The molecule has 0 N–H and O–H groups in total. The molecule has 0 aliphatic carbocycles. The standard InChI is InChI=1S/C18H17Cl2NO6S/c1-25-16-4-2-12(18(22)27-15-5-3-13(19)11-14(15)20)10-17(16)28(23,24)21-6-8-26-9-7-21/h2-5,10-11H,6-9H2,1H3. The van der Waals surface area contributed by atoms with E-state index in [2.05, 4.69) is 0 Å². The number of halogens is 2. The molecular formula is C18H17Cl2NO6S. The molecule has 7 nitrogen and oxygen atoms in total. The van der Waals surface area contributed by atoms with E-state index in [-0.39, 0.29) is 40.1 Å². The molecule has 1 aliphatic heterocycles. The van der Waals surface area contributed by atoms with Crippen LogP contribution in [0.4, 0.5) is 0 Å². The summed E-state index contributed by atoms with van der Waals surface area (Å²) < 4.78 is 42.9. The van der Waals surface area contributed by atoms with Gasteiger partial charge in [-0.3, -0.25) is 0 Å². The maximum absolute atomic E-state index is 13.0. The van der Waals surface area contributed by atoms with E-state index in [1.54, 1.807) is 0 Å². The number of esters is 1. The number of sulfonamides is 1. The van der Waals surface area contributed by atoms with Crippen molar-refractivity contribution in [3.63, 3.8) is 0 Å². The number of benzene rings is 2. The SMILES string of the molecule is COc1ccc(C(=O)Oc2ccc(Cl)cc2Cl)cc1S(=O)(=O)N1CCOCC1. The van der Waals surface area contributed by atoms with E-state index in [0.717, 1.165) is 0 Å². The molecule has 3 rings (SSSR count). The lowest BCUT2D eigenvalue weighted by molar-refractivity contribution is 0.0726. The van der Waals surface area contributed by atoms with Gasteiger partial charge < -0.3 is 14.2 Å². The highest BCUT2D eigenvalue weighted by atomic mass is 35.5. The van der Waals surface area contributed by atoms with Crippen LogP contribution in [0.1, 0.15) is 10.4 Å². The number of hydrogen-bond acceptors (Lipinski definition) is 6. The summed E-state index contributed by atoms with van der Waals surface area (Å²) in [6, 6.07) is 8.48. The van der Waals surface area contributed by atoms with Crippen LogP contribution in [-0.4, -0.2) is 52.1 Å². The van der Waals surface area contributed by atoms with Crippen molar-refractivity contribution in [2.24, 2.45) is 0 Å². The molecule has 2 aromatic carbocycles. The van der Waals surface area contributed by atoms with Crippen LogP contribution >= 0.6 is 23.2 Å². The highest BCUT2D eigenvalue weighted by molar-refractivity contribution is 7.89. The van der Waals surface area contributed by atoms with Crippen molar-refractivity contribution in [3.8, 4) is 11.5 Å². The van der Waals surface area contributed by atoms with Gasteiger partial charge in [0.15, 0.2) is 0 Å². The maximum Gasteiger partial charge on any atom is 0.343 e. The summed E-state index contributed by atoms with van der Waals surface area (Å²) in [5.74, 6) is -0.512. The van der Waals surface area contributed by atoms with E-state index in [9.17, 15) is 13.2 Å². The third-order valence-corrected chi connectivity index (χ3v) is 6.53. The number of rotatable bonds is 5. The molecule has 10 heteroatoms. The van der Waals surface area contributed by atoms with Crippen molar-refractivity contribution in [1.82, 2.24) is 4.31 Å². The number of nitrogens with zero attached hydrogens (tertiary/aromatic N) is 1. The normalized spacial score (nSPS) is 15.2. The minimum absolute atomic E-state index is 0.0404. The molecule has 1 heterocycles. The molecule has 1 saturated heterocycles. The van der Waals surface area contributed by atoms with Crippen molar-refractivity contribution in [2.75, 3.05) is 33.4 Å². The Labute approximate surface area is 172 Å². The summed E-state index contributed by atoms with van der Waals surface area (Å²) in [5, 5.41) is 0.559. The van der Waals surface area contributed by atoms with Gasteiger partial charge in [-0.1, -0.05) is 23.2 Å². The van der Waals surface area contributed by atoms with E-state index in [4.69, 9.17) is 37.4 Å². The van der Waals surface area contributed by atoms with E-state index in [1.807, 2.05) is 0 Å². The smallest absolute Gasteiger partial charge is 0.343 e. The predicted molar refractivity (Wildman–Crippen MR) is 104 cm³/mol. The van der Waals surface area contributed by atoms with Crippen molar-refractivity contribution in [2.45, 2.75) is 4.90 Å². The Bertz CT molecular complexity index is 990. The van der Waals surface area contributed by atoms with Crippen LogP contribution in [0, 0.1) is 0 Å². The Morgan fingerprint density at radius 2 is 1.75 bits per heavy atom. The number of morpholine rings is 1. The molecular weight excluding hydrogens is 429 g/mol. The van der Waals surface area contributed by atoms with Crippen LogP contribution in [0.25, 0.3) is 0 Å². The van der Waals surface area contributed by atoms with Gasteiger partial charge in [-0.15, -0.1) is 0 Å². The zero-order valence-electron chi connectivity index (χ0n) is 14.9. The number of hydrogen-bond donors (Lipinski definition) is 0. The Morgan fingerprint density at radius 1 is 1.07 bits per heavy atom. The van der Waals surface area contributed by atoms with Gasteiger partial charge in [0.25, 0.3) is 0 Å². The fraction of sp³-hybridized carbons (Fsp3) is 0.278. The molecule has 1 aliphatic rings. The summed E-state index contributed by atoms with van der Waals surface area (Å²) in [5.41, 5.74) is 0.0404. The second-order valence-corrected chi connectivity index (χ2v) is 8.60. The first kappa shape index (κ1) is 20.9. The largest absolute Gasteiger partial charge is 0.495 e. The van der Waals surface area contributed by atoms with Gasteiger partial charge >= 0.3 is 5.97 Å². The molecule has 28 heavy (non-hydrogen) atoms. The molecule has 0 radical (unpaired) electrons. The Kier molecular flexibility index (Phi) is 6.47. The minimum Gasteiger partial charge on any atom is -0.495 e. The molecule has 0 amide bonds. The first-order valence-electron chi connectivity index (χ1n) is 8.26. The van der Waals surface area contributed by atoms with Gasteiger partial charge in [0.2, 0.25) is 10.0 Å². The molecule has 0 aromatic heterocycles. The first-order chi connectivity index (χ1) is 13.3. The Morgan fingerprint density at radius 3 is 2.39 bits per heavy atom. The molecule has 0 spiro atoms. The molecule has 1 fully saturated rings. The Balaban J connectivity index is 1.92. The molecule has 150 valence electrons. The summed E-state index contributed by atoms with van der Waals surface area (Å²) in [6.07, 6.45) is 0. The quantitative estimate of drug-likeness (QED) is 0.518. The summed E-state index contributed by atoms with van der Waals surface area (Å²) in [4.78, 5) is 12.4. The van der Waals surface area contributed by atoms with Crippen molar-refractivity contribution >= 4 is 39.2 Å². The molecule has 0 saturated carbocycles. The van der Waals surface area contributed by atoms with Gasteiger partial charge in [0, 0.05) is 18.1 Å². The van der Waals surface area contributed by atoms with Crippen LogP contribution in [0.2, 0.25) is 10.0 Å². The van der Waals surface area contributed by atoms with E-state index < -0.39 is 16.0 Å². The lowest BCUT2D eigenvalue weighted by Gasteiger charge is -2.26. The van der Waals surface area contributed by atoms with E-state index in [1.165, 1.54) is 47.8 Å². The molecule has 0 bridgehead atoms. The zero-order chi connectivity index (χ0) is 20.3. The molecule has 0 unspecified atom stereocenters. The number of carbonyl (C=O) groups excluding carboxylic acids is 1. The third-order valence-electron chi connectivity index (χ3n) is 4.08. The Hall–Kier alpha value is -1.84. The number of methoxy groups -OCH3 is 1. The second kappa shape index (κ2) is 8.67. The van der Waals surface area contributed by atoms with Crippen LogP contribution in [-0.2, 0) is 14.8 Å². The minimum atomic E-state index is -3.87. The van der Waals surface area contributed by atoms with Gasteiger partial charge in [0.1, 0.15) is 16.4 Å². The van der Waals surface area contributed by atoms with Gasteiger partial charge in [-0.05, 0) is 36.4 Å². The van der Waals surface area contributed by atoms with Gasteiger partial charge in [0.05, 0.1) is 30.9 Å². The lowest BCUT2D eigenvalue weighted by atomic mass is 10.2. The number of carbonyl (C=O) groups is 1. The fourth-order valence-corrected chi connectivity index (χ4v) is 4.68. The van der Waals surface area contributed by atoms with Gasteiger partial charge in [-0.25, -0.2) is 13.2 Å². The zero-order valence-corrected chi connectivity index (χ0v) is 17.2. The second-order valence-electron chi connectivity index (χ2n) is 5.85. The third kappa shape index (κ3) is 4.42. The average molecular weight is 446 g/mol. The summed E-state index contributed by atoms with van der Waals surface area (Å²) in [6.45, 7) is 1.05.